The number of Topliss-reactive ketones (excluding diaryl/α,β-unsaturated/α-hetero) is 2. The molecule has 2 atom stereocenters. The van der Waals surface area contributed by atoms with Gasteiger partial charge in [-0.15, -0.1) is 0 Å². The van der Waals surface area contributed by atoms with Gasteiger partial charge in [-0.1, -0.05) is 34.6 Å². The van der Waals surface area contributed by atoms with Crippen LogP contribution in [0.5, 0.6) is 0 Å². The van der Waals surface area contributed by atoms with Crippen molar-refractivity contribution < 1.29 is 19.1 Å². The molecule has 1 heterocycles. The van der Waals surface area contributed by atoms with Gasteiger partial charge in [0.2, 0.25) is 5.91 Å². The molecule has 0 aliphatic carbocycles. The summed E-state index contributed by atoms with van der Waals surface area (Å²) in [6.45, 7) is 10.6. The topological polar surface area (TPSA) is 63.7 Å². The first-order chi connectivity index (χ1) is 11.1. The van der Waals surface area contributed by atoms with Crippen LogP contribution in [0.1, 0.15) is 60.3 Å². The summed E-state index contributed by atoms with van der Waals surface area (Å²) >= 11 is 0. The molecule has 0 bridgehead atoms. The summed E-state index contributed by atoms with van der Waals surface area (Å²) in [6.07, 6.45) is 2.25. The fourth-order valence-electron chi connectivity index (χ4n) is 3.32. The number of carbonyl (C=O) groups is 3. The van der Waals surface area contributed by atoms with Crippen molar-refractivity contribution in [3.63, 3.8) is 0 Å². The van der Waals surface area contributed by atoms with E-state index in [2.05, 4.69) is 0 Å². The highest BCUT2D eigenvalue weighted by Crippen LogP contribution is 2.33. The molecule has 24 heavy (non-hydrogen) atoms. The average Bonchev–Trinajstić information content (AvgIpc) is 2.92. The van der Waals surface area contributed by atoms with E-state index in [-0.39, 0.29) is 47.9 Å². The molecule has 1 amide bonds. The molecule has 0 saturated carbocycles. The van der Waals surface area contributed by atoms with Crippen LogP contribution in [0, 0.1) is 17.3 Å². The van der Waals surface area contributed by atoms with Crippen molar-refractivity contribution >= 4 is 17.5 Å². The Balaban J connectivity index is 2.92. The van der Waals surface area contributed by atoms with E-state index in [1.54, 1.807) is 4.90 Å². The molecule has 0 spiro atoms. The lowest BCUT2D eigenvalue weighted by molar-refractivity contribution is -0.146. The van der Waals surface area contributed by atoms with Crippen LogP contribution in [-0.2, 0) is 19.1 Å². The fraction of sp³-hybridized carbons (Fsp3) is 0.842. The third-order valence-corrected chi connectivity index (χ3v) is 4.60. The molecule has 0 aromatic heterocycles. The summed E-state index contributed by atoms with van der Waals surface area (Å²) < 4.78 is 4.90. The zero-order chi connectivity index (χ0) is 18.5. The van der Waals surface area contributed by atoms with Crippen molar-refractivity contribution in [2.45, 2.75) is 66.3 Å². The van der Waals surface area contributed by atoms with Crippen molar-refractivity contribution in [3.05, 3.63) is 0 Å². The Morgan fingerprint density at radius 1 is 1.17 bits per heavy atom. The van der Waals surface area contributed by atoms with E-state index in [1.807, 2.05) is 34.6 Å². The van der Waals surface area contributed by atoms with Crippen LogP contribution in [0.25, 0.3) is 0 Å². The minimum absolute atomic E-state index is 0.0234. The second-order valence-electron chi connectivity index (χ2n) is 8.35. The number of likely N-dealkylation sites (tertiary alicyclic amines) is 1. The molecule has 5 nitrogen and oxygen atoms in total. The Morgan fingerprint density at radius 2 is 1.79 bits per heavy atom. The highest BCUT2D eigenvalue weighted by Gasteiger charge is 2.41. The first kappa shape index (κ1) is 20.8. The minimum Gasteiger partial charge on any atom is -0.377 e. The number of hydrogen-bond acceptors (Lipinski definition) is 4. The van der Waals surface area contributed by atoms with E-state index < -0.39 is 5.92 Å². The third-order valence-electron chi connectivity index (χ3n) is 4.60. The second-order valence-corrected chi connectivity index (χ2v) is 8.35. The van der Waals surface area contributed by atoms with Crippen LogP contribution in [0.3, 0.4) is 0 Å². The molecule has 5 heteroatoms. The minimum atomic E-state index is -0.424. The number of amides is 1. The first-order valence-electron chi connectivity index (χ1n) is 8.91. The lowest BCUT2D eigenvalue weighted by Gasteiger charge is -2.35. The quantitative estimate of drug-likeness (QED) is 0.682. The second kappa shape index (κ2) is 8.75. The van der Waals surface area contributed by atoms with Crippen LogP contribution in [0.15, 0.2) is 0 Å². The SMILES string of the molecule is COCC(=O)CC(C(=O)N1CCCC1C(=O)CC(C)C)C(C)(C)C. The summed E-state index contributed by atoms with van der Waals surface area (Å²) in [5.41, 5.74) is -0.339. The van der Waals surface area contributed by atoms with Crippen LogP contribution < -0.4 is 0 Å². The van der Waals surface area contributed by atoms with E-state index in [0.29, 0.717) is 13.0 Å². The Bertz CT molecular complexity index is 464. The van der Waals surface area contributed by atoms with E-state index >= 15 is 0 Å². The normalized spacial score (nSPS) is 19.6. The summed E-state index contributed by atoms with van der Waals surface area (Å²) in [5.74, 6) is -0.127. The summed E-state index contributed by atoms with van der Waals surface area (Å²) in [6, 6.07) is -0.317. The van der Waals surface area contributed by atoms with Gasteiger partial charge in [-0.3, -0.25) is 14.4 Å². The average molecular weight is 339 g/mol. The van der Waals surface area contributed by atoms with Gasteiger partial charge < -0.3 is 9.64 Å². The Morgan fingerprint density at radius 3 is 2.29 bits per heavy atom. The molecule has 138 valence electrons. The molecule has 0 aromatic rings. The van der Waals surface area contributed by atoms with E-state index in [1.165, 1.54) is 7.11 Å². The predicted molar refractivity (Wildman–Crippen MR) is 93.6 cm³/mol. The standard InChI is InChI=1S/C19H33NO4/c1-13(2)10-17(22)16-8-7-9-20(16)18(23)15(19(3,4)5)11-14(21)12-24-6/h13,15-16H,7-12H2,1-6H3. The highest BCUT2D eigenvalue weighted by atomic mass is 16.5. The molecular weight excluding hydrogens is 306 g/mol. The maximum Gasteiger partial charge on any atom is 0.227 e. The van der Waals surface area contributed by atoms with Crippen molar-refractivity contribution in [2.75, 3.05) is 20.3 Å². The molecule has 1 rings (SSSR count). The molecule has 1 fully saturated rings. The Kier molecular flexibility index (Phi) is 7.58. The monoisotopic (exact) mass is 339 g/mol. The van der Waals surface area contributed by atoms with Crippen molar-refractivity contribution in [3.8, 4) is 0 Å². The molecule has 0 radical (unpaired) electrons. The van der Waals surface area contributed by atoms with Crippen LogP contribution >= 0.6 is 0 Å². The van der Waals surface area contributed by atoms with Gasteiger partial charge in [0, 0.05) is 32.4 Å². The van der Waals surface area contributed by atoms with Gasteiger partial charge in [-0.25, -0.2) is 0 Å². The fourth-order valence-corrected chi connectivity index (χ4v) is 3.32. The number of carbonyl (C=O) groups excluding carboxylic acids is 3. The smallest absolute Gasteiger partial charge is 0.227 e. The number of ketones is 2. The van der Waals surface area contributed by atoms with Gasteiger partial charge in [0.25, 0.3) is 0 Å². The van der Waals surface area contributed by atoms with Gasteiger partial charge in [-0.2, -0.15) is 0 Å². The third kappa shape index (κ3) is 5.69. The number of rotatable bonds is 8. The van der Waals surface area contributed by atoms with Crippen LogP contribution in [-0.4, -0.2) is 48.7 Å². The predicted octanol–water partition coefficient (Wildman–Crippen LogP) is 2.86. The zero-order valence-electron chi connectivity index (χ0n) is 16.1. The first-order valence-corrected chi connectivity index (χ1v) is 8.91. The van der Waals surface area contributed by atoms with Gasteiger partial charge in [0.1, 0.15) is 6.61 Å². The van der Waals surface area contributed by atoms with Gasteiger partial charge in [0.15, 0.2) is 11.6 Å². The molecule has 0 aromatic carbocycles. The van der Waals surface area contributed by atoms with E-state index in [4.69, 9.17) is 4.74 Å². The number of nitrogens with zero attached hydrogens (tertiary/aromatic N) is 1. The molecule has 1 aliphatic heterocycles. The molecule has 2 unspecified atom stereocenters. The summed E-state index contributed by atoms with van der Waals surface area (Å²) in [4.78, 5) is 39.3. The van der Waals surface area contributed by atoms with Gasteiger partial charge in [0.05, 0.1) is 6.04 Å². The maximum absolute atomic E-state index is 13.1. The molecular formula is C19H33NO4. The summed E-state index contributed by atoms with van der Waals surface area (Å²) in [7, 11) is 1.48. The lowest BCUT2D eigenvalue weighted by Crippen LogP contribution is -2.47. The number of ether oxygens (including phenoxy) is 1. The van der Waals surface area contributed by atoms with Crippen LogP contribution in [0.2, 0.25) is 0 Å². The zero-order valence-corrected chi connectivity index (χ0v) is 16.1. The molecule has 1 aliphatic rings. The number of methoxy groups -OCH3 is 1. The van der Waals surface area contributed by atoms with Gasteiger partial charge in [-0.05, 0) is 24.2 Å². The van der Waals surface area contributed by atoms with E-state index in [9.17, 15) is 14.4 Å². The Labute approximate surface area is 146 Å². The van der Waals surface area contributed by atoms with Gasteiger partial charge >= 0.3 is 0 Å². The summed E-state index contributed by atoms with van der Waals surface area (Å²) in [5, 5.41) is 0. The van der Waals surface area contributed by atoms with Crippen molar-refractivity contribution in [2.24, 2.45) is 17.3 Å². The molecule has 1 saturated heterocycles. The van der Waals surface area contributed by atoms with Crippen molar-refractivity contribution in [1.29, 1.82) is 0 Å². The van der Waals surface area contributed by atoms with Crippen LogP contribution in [0.4, 0.5) is 0 Å². The van der Waals surface area contributed by atoms with Crippen molar-refractivity contribution in [1.82, 2.24) is 4.90 Å². The van der Waals surface area contributed by atoms with E-state index in [0.717, 1.165) is 12.8 Å². The maximum atomic E-state index is 13.1. The number of hydrogen-bond donors (Lipinski definition) is 0. The largest absolute Gasteiger partial charge is 0.377 e. The highest BCUT2D eigenvalue weighted by molar-refractivity contribution is 5.93. The molecule has 0 N–H and O–H groups in total. The lowest BCUT2D eigenvalue weighted by atomic mass is 9.76. The Hall–Kier alpha value is -1.23.